The fourth-order valence-corrected chi connectivity index (χ4v) is 2.11. The predicted octanol–water partition coefficient (Wildman–Crippen LogP) is 2.71. The quantitative estimate of drug-likeness (QED) is 0.714. The summed E-state index contributed by atoms with van der Waals surface area (Å²) in [6, 6.07) is 10.6. The van der Waals surface area contributed by atoms with E-state index >= 15 is 0 Å². The average molecular weight is 257 g/mol. The Morgan fingerprint density at radius 3 is 2.84 bits per heavy atom. The molecule has 0 aliphatic rings. The van der Waals surface area contributed by atoms with Gasteiger partial charge in [-0.25, -0.2) is 0 Å². The van der Waals surface area contributed by atoms with Gasteiger partial charge in [0, 0.05) is 18.1 Å². The molecule has 1 aromatic carbocycles. The highest BCUT2D eigenvalue weighted by Crippen LogP contribution is 2.12. The van der Waals surface area contributed by atoms with Crippen molar-refractivity contribution in [3.8, 4) is 0 Å². The van der Waals surface area contributed by atoms with E-state index in [0.717, 1.165) is 31.7 Å². The number of benzene rings is 1. The van der Waals surface area contributed by atoms with E-state index in [4.69, 9.17) is 0 Å². The van der Waals surface area contributed by atoms with Crippen LogP contribution in [0.1, 0.15) is 25.3 Å². The maximum atomic E-state index is 4.33. The Morgan fingerprint density at radius 2 is 1.95 bits per heavy atom. The summed E-state index contributed by atoms with van der Waals surface area (Å²) in [6.07, 6.45) is 4.22. The Kier molecular flexibility index (Phi) is 5.79. The Morgan fingerprint density at radius 1 is 1.05 bits per heavy atom. The maximum absolute atomic E-state index is 4.33. The lowest BCUT2D eigenvalue weighted by molar-refractivity contribution is 0.592. The van der Waals surface area contributed by atoms with E-state index < -0.39 is 0 Å². The first-order valence-electron chi connectivity index (χ1n) is 7.15. The van der Waals surface area contributed by atoms with Crippen LogP contribution < -0.4 is 10.6 Å². The van der Waals surface area contributed by atoms with Crippen molar-refractivity contribution < 1.29 is 0 Å². The highest BCUT2D eigenvalue weighted by molar-refractivity contribution is 5.78. The number of fused-ring (bicyclic) bond motifs is 1. The molecule has 2 rings (SSSR count). The topological polar surface area (TPSA) is 37.0 Å². The molecule has 1 heterocycles. The van der Waals surface area contributed by atoms with Gasteiger partial charge >= 0.3 is 0 Å². The molecule has 0 atom stereocenters. The number of hydrogen-bond donors (Lipinski definition) is 2. The number of pyridine rings is 1. The molecular weight excluding hydrogens is 234 g/mol. The van der Waals surface area contributed by atoms with Gasteiger partial charge in [-0.1, -0.05) is 19.1 Å². The summed E-state index contributed by atoms with van der Waals surface area (Å²) >= 11 is 0. The summed E-state index contributed by atoms with van der Waals surface area (Å²) < 4.78 is 0. The molecule has 2 N–H and O–H groups in total. The van der Waals surface area contributed by atoms with Crippen molar-refractivity contribution >= 4 is 10.9 Å². The van der Waals surface area contributed by atoms with Crippen LogP contribution in [0.3, 0.4) is 0 Å². The smallest absolute Gasteiger partial charge is 0.0702 e. The Balaban J connectivity index is 1.72. The first-order valence-corrected chi connectivity index (χ1v) is 7.15. The molecule has 102 valence electrons. The van der Waals surface area contributed by atoms with Gasteiger partial charge in [0.15, 0.2) is 0 Å². The van der Waals surface area contributed by atoms with Gasteiger partial charge in [-0.3, -0.25) is 4.98 Å². The second kappa shape index (κ2) is 7.87. The standard InChI is InChI=1S/C16H23N3/c1-2-8-17-9-4-10-18-13-14-6-7-16-15(12-14)5-3-11-19-16/h3,5-7,11-12,17-18H,2,4,8-10,13H2,1H3. The predicted molar refractivity (Wildman–Crippen MR) is 81.2 cm³/mol. The van der Waals surface area contributed by atoms with Crippen LogP contribution >= 0.6 is 0 Å². The van der Waals surface area contributed by atoms with E-state index in [-0.39, 0.29) is 0 Å². The zero-order valence-corrected chi connectivity index (χ0v) is 11.7. The molecule has 0 fully saturated rings. The van der Waals surface area contributed by atoms with Gasteiger partial charge in [-0.15, -0.1) is 0 Å². The zero-order valence-electron chi connectivity index (χ0n) is 11.7. The van der Waals surface area contributed by atoms with Crippen molar-refractivity contribution in [1.29, 1.82) is 0 Å². The molecule has 0 radical (unpaired) electrons. The highest BCUT2D eigenvalue weighted by atomic mass is 14.9. The molecule has 0 bridgehead atoms. The summed E-state index contributed by atoms with van der Waals surface area (Å²) in [5.41, 5.74) is 2.39. The molecule has 0 amide bonds. The summed E-state index contributed by atoms with van der Waals surface area (Å²) in [7, 11) is 0. The Hall–Kier alpha value is -1.45. The van der Waals surface area contributed by atoms with Gasteiger partial charge in [0.05, 0.1) is 5.52 Å². The molecule has 19 heavy (non-hydrogen) atoms. The van der Waals surface area contributed by atoms with Crippen LogP contribution in [0, 0.1) is 0 Å². The van der Waals surface area contributed by atoms with Gasteiger partial charge < -0.3 is 10.6 Å². The van der Waals surface area contributed by atoms with Crippen LogP contribution in [-0.4, -0.2) is 24.6 Å². The molecule has 0 aliphatic carbocycles. The first-order chi connectivity index (χ1) is 9.40. The third kappa shape index (κ3) is 4.62. The van der Waals surface area contributed by atoms with E-state index in [2.05, 4.69) is 46.8 Å². The summed E-state index contributed by atoms with van der Waals surface area (Å²) in [5, 5.41) is 8.11. The third-order valence-corrected chi connectivity index (χ3v) is 3.13. The van der Waals surface area contributed by atoms with Crippen LogP contribution in [0.4, 0.5) is 0 Å². The van der Waals surface area contributed by atoms with Gasteiger partial charge in [-0.05, 0) is 56.2 Å². The summed E-state index contributed by atoms with van der Waals surface area (Å²) in [4.78, 5) is 4.33. The van der Waals surface area contributed by atoms with Gasteiger partial charge in [-0.2, -0.15) is 0 Å². The van der Waals surface area contributed by atoms with E-state index in [1.54, 1.807) is 0 Å². The van der Waals surface area contributed by atoms with Gasteiger partial charge in [0.2, 0.25) is 0 Å². The van der Waals surface area contributed by atoms with Crippen molar-refractivity contribution in [3.05, 3.63) is 42.1 Å². The fourth-order valence-electron chi connectivity index (χ4n) is 2.11. The van der Waals surface area contributed by atoms with Crippen LogP contribution in [0.15, 0.2) is 36.5 Å². The second-order valence-electron chi connectivity index (χ2n) is 4.81. The van der Waals surface area contributed by atoms with Crippen molar-refractivity contribution in [2.45, 2.75) is 26.3 Å². The third-order valence-electron chi connectivity index (χ3n) is 3.13. The fraction of sp³-hybridized carbons (Fsp3) is 0.438. The van der Waals surface area contributed by atoms with Gasteiger partial charge in [0.1, 0.15) is 0 Å². The van der Waals surface area contributed by atoms with E-state index in [1.165, 1.54) is 23.8 Å². The Bertz CT molecular complexity index is 496. The van der Waals surface area contributed by atoms with Crippen LogP contribution in [-0.2, 0) is 6.54 Å². The molecule has 2 aromatic rings. The number of hydrogen-bond acceptors (Lipinski definition) is 3. The molecule has 0 saturated carbocycles. The van der Waals surface area contributed by atoms with Crippen LogP contribution in [0.5, 0.6) is 0 Å². The number of aromatic nitrogens is 1. The molecule has 3 nitrogen and oxygen atoms in total. The molecule has 1 aromatic heterocycles. The van der Waals surface area contributed by atoms with E-state index in [9.17, 15) is 0 Å². The summed E-state index contributed by atoms with van der Waals surface area (Å²) in [6.45, 7) is 6.40. The lowest BCUT2D eigenvalue weighted by atomic mass is 10.1. The van der Waals surface area contributed by atoms with Crippen molar-refractivity contribution in [1.82, 2.24) is 15.6 Å². The minimum atomic E-state index is 0.929. The number of nitrogens with zero attached hydrogens (tertiary/aromatic N) is 1. The number of nitrogens with one attached hydrogen (secondary N) is 2. The second-order valence-corrected chi connectivity index (χ2v) is 4.81. The minimum Gasteiger partial charge on any atom is -0.317 e. The van der Waals surface area contributed by atoms with Crippen LogP contribution in [0.2, 0.25) is 0 Å². The molecule has 0 spiro atoms. The van der Waals surface area contributed by atoms with Crippen molar-refractivity contribution in [3.63, 3.8) is 0 Å². The molecule has 0 aliphatic heterocycles. The monoisotopic (exact) mass is 257 g/mol. The normalized spacial score (nSPS) is 11.0. The Labute approximate surface area is 115 Å². The first kappa shape index (κ1) is 14.0. The van der Waals surface area contributed by atoms with E-state index in [1.807, 2.05) is 12.3 Å². The SMILES string of the molecule is CCCNCCCNCc1ccc2ncccc2c1. The van der Waals surface area contributed by atoms with Crippen LogP contribution in [0.25, 0.3) is 10.9 Å². The van der Waals surface area contributed by atoms with Crippen molar-refractivity contribution in [2.24, 2.45) is 0 Å². The molecular formula is C16H23N3. The molecule has 0 unspecified atom stereocenters. The number of rotatable bonds is 8. The highest BCUT2D eigenvalue weighted by Gasteiger charge is 1.96. The largest absolute Gasteiger partial charge is 0.317 e. The maximum Gasteiger partial charge on any atom is 0.0702 e. The van der Waals surface area contributed by atoms with E-state index in [0.29, 0.717) is 0 Å². The summed E-state index contributed by atoms with van der Waals surface area (Å²) in [5.74, 6) is 0. The minimum absolute atomic E-state index is 0.929. The molecule has 3 heteroatoms. The molecule has 0 saturated heterocycles. The lowest BCUT2D eigenvalue weighted by Gasteiger charge is -2.06. The lowest BCUT2D eigenvalue weighted by Crippen LogP contribution is -2.22. The van der Waals surface area contributed by atoms with Gasteiger partial charge in [0.25, 0.3) is 0 Å². The zero-order chi connectivity index (χ0) is 13.3. The average Bonchev–Trinajstić information content (AvgIpc) is 2.46. The van der Waals surface area contributed by atoms with Crippen molar-refractivity contribution in [2.75, 3.05) is 19.6 Å².